The number of alkyl halides is 2. The molecule has 5 nitrogen and oxygen atoms in total. The Morgan fingerprint density at radius 1 is 1.36 bits per heavy atom. The van der Waals surface area contributed by atoms with E-state index in [0.717, 1.165) is 4.57 Å². The van der Waals surface area contributed by atoms with Crippen molar-refractivity contribution in [3.63, 3.8) is 0 Å². The number of furan rings is 1. The number of imidazole rings is 1. The number of hydrogen-bond donors (Lipinski definition) is 0. The van der Waals surface area contributed by atoms with E-state index < -0.39 is 6.55 Å². The molecule has 0 saturated heterocycles. The zero-order valence-corrected chi connectivity index (χ0v) is 11.7. The molecule has 0 aliphatic carbocycles. The summed E-state index contributed by atoms with van der Waals surface area (Å²) in [4.78, 5) is 17.7. The van der Waals surface area contributed by atoms with Crippen molar-refractivity contribution in [3.05, 3.63) is 54.2 Å². The number of para-hydroxylation sites is 2. The van der Waals surface area contributed by atoms with Crippen molar-refractivity contribution in [1.29, 1.82) is 0 Å². The molecule has 0 atom stereocenters. The highest BCUT2D eigenvalue weighted by Gasteiger charge is 2.21. The molecule has 0 radical (unpaired) electrons. The Labute approximate surface area is 124 Å². The van der Waals surface area contributed by atoms with Crippen LogP contribution >= 0.6 is 0 Å². The number of benzene rings is 1. The molecule has 0 fully saturated rings. The Balaban J connectivity index is 1.93. The maximum Gasteiger partial charge on any atom is 0.320 e. The van der Waals surface area contributed by atoms with Crippen LogP contribution in [0.3, 0.4) is 0 Å². The summed E-state index contributed by atoms with van der Waals surface area (Å²) < 4.78 is 32.3. The topological polar surface area (TPSA) is 51.3 Å². The fourth-order valence-corrected chi connectivity index (χ4v) is 2.31. The van der Waals surface area contributed by atoms with Gasteiger partial charge in [0.25, 0.3) is 5.91 Å². The Bertz CT molecular complexity index is 796. The molecule has 114 valence electrons. The van der Waals surface area contributed by atoms with Gasteiger partial charge < -0.3 is 9.32 Å². The maximum atomic E-state index is 13.3. The summed E-state index contributed by atoms with van der Waals surface area (Å²) in [6, 6.07) is 8.17. The summed E-state index contributed by atoms with van der Waals surface area (Å²) in [6.45, 7) is -2.75. The number of hydrogen-bond acceptors (Lipinski definition) is 3. The van der Waals surface area contributed by atoms with Crippen LogP contribution in [-0.2, 0) is 6.54 Å². The van der Waals surface area contributed by atoms with E-state index in [4.69, 9.17) is 4.42 Å². The number of halogens is 2. The van der Waals surface area contributed by atoms with Gasteiger partial charge in [0.05, 0.1) is 29.4 Å². The Kier molecular flexibility index (Phi) is 3.62. The lowest BCUT2D eigenvalue weighted by Gasteiger charge is -2.16. The lowest BCUT2D eigenvalue weighted by atomic mass is 10.3. The number of aromatic nitrogens is 2. The van der Waals surface area contributed by atoms with Crippen molar-refractivity contribution in [2.45, 2.75) is 13.1 Å². The molecular formula is C15H13F2N3O2. The molecule has 2 aromatic heterocycles. The second-order valence-electron chi connectivity index (χ2n) is 4.84. The summed E-state index contributed by atoms with van der Waals surface area (Å²) in [7, 11) is 1.53. The zero-order valence-electron chi connectivity index (χ0n) is 11.7. The highest BCUT2D eigenvalue weighted by Crippen LogP contribution is 2.24. The first kappa shape index (κ1) is 14.2. The van der Waals surface area contributed by atoms with Crippen LogP contribution in [0.2, 0.25) is 0 Å². The third-order valence-corrected chi connectivity index (χ3v) is 3.36. The molecule has 0 N–H and O–H groups in total. The van der Waals surface area contributed by atoms with Crippen molar-refractivity contribution in [3.8, 4) is 0 Å². The van der Waals surface area contributed by atoms with Crippen molar-refractivity contribution in [2.75, 3.05) is 7.05 Å². The van der Waals surface area contributed by atoms with E-state index in [1.165, 1.54) is 30.5 Å². The van der Waals surface area contributed by atoms with Gasteiger partial charge in [0.2, 0.25) is 0 Å². The van der Waals surface area contributed by atoms with Gasteiger partial charge in [-0.25, -0.2) is 4.98 Å². The second-order valence-corrected chi connectivity index (χ2v) is 4.84. The number of nitrogens with zero attached hydrogens (tertiary/aromatic N) is 3. The molecule has 0 unspecified atom stereocenters. The molecular weight excluding hydrogens is 292 g/mol. The van der Waals surface area contributed by atoms with Crippen LogP contribution in [0, 0.1) is 0 Å². The molecule has 2 heterocycles. The minimum Gasteiger partial charge on any atom is -0.472 e. The van der Waals surface area contributed by atoms with Crippen LogP contribution < -0.4 is 0 Å². The van der Waals surface area contributed by atoms with E-state index in [0.29, 0.717) is 16.6 Å². The molecule has 3 aromatic rings. The fourth-order valence-electron chi connectivity index (χ4n) is 2.31. The largest absolute Gasteiger partial charge is 0.472 e. The first-order valence-electron chi connectivity index (χ1n) is 6.59. The summed E-state index contributed by atoms with van der Waals surface area (Å²) in [5.41, 5.74) is 1.18. The quantitative estimate of drug-likeness (QED) is 0.743. The van der Waals surface area contributed by atoms with Crippen LogP contribution in [0.25, 0.3) is 11.0 Å². The molecule has 7 heteroatoms. The second kappa shape index (κ2) is 5.59. The molecule has 1 amide bonds. The first-order valence-corrected chi connectivity index (χ1v) is 6.59. The first-order chi connectivity index (χ1) is 10.6. The molecule has 1 aromatic carbocycles. The van der Waals surface area contributed by atoms with Gasteiger partial charge in [0.15, 0.2) is 0 Å². The van der Waals surface area contributed by atoms with E-state index in [1.54, 1.807) is 24.3 Å². The zero-order chi connectivity index (χ0) is 15.7. The predicted molar refractivity (Wildman–Crippen MR) is 75.5 cm³/mol. The Morgan fingerprint density at radius 2 is 2.14 bits per heavy atom. The summed E-state index contributed by atoms with van der Waals surface area (Å²) in [6.07, 6.45) is 2.70. The highest BCUT2D eigenvalue weighted by atomic mass is 19.3. The number of rotatable bonds is 4. The van der Waals surface area contributed by atoms with Gasteiger partial charge in [0, 0.05) is 7.05 Å². The molecule has 0 spiro atoms. The molecule has 22 heavy (non-hydrogen) atoms. The van der Waals surface area contributed by atoms with E-state index in [-0.39, 0.29) is 18.3 Å². The van der Waals surface area contributed by atoms with Gasteiger partial charge in [-0.3, -0.25) is 9.36 Å². The molecule has 0 bridgehead atoms. The number of carbonyl (C=O) groups excluding carboxylic acids is 1. The fraction of sp³-hybridized carbons (Fsp3) is 0.200. The highest BCUT2D eigenvalue weighted by molar-refractivity contribution is 5.93. The lowest BCUT2D eigenvalue weighted by molar-refractivity contribution is 0.0646. The average Bonchev–Trinajstić information content (AvgIpc) is 3.13. The minimum absolute atomic E-state index is 0.0248. The smallest absolute Gasteiger partial charge is 0.320 e. The van der Waals surface area contributed by atoms with Gasteiger partial charge >= 0.3 is 6.55 Å². The summed E-state index contributed by atoms with van der Waals surface area (Å²) in [5.74, 6) is -0.183. The van der Waals surface area contributed by atoms with Crippen LogP contribution in [0.1, 0.15) is 22.7 Å². The van der Waals surface area contributed by atoms with Crippen LogP contribution in [0.5, 0.6) is 0 Å². The SMILES string of the molecule is CN(Cc1nc2ccccc2n1C(F)F)C(=O)c1ccoc1. The van der Waals surface area contributed by atoms with E-state index in [9.17, 15) is 13.6 Å². The average molecular weight is 305 g/mol. The summed E-state index contributed by atoms with van der Waals surface area (Å²) in [5, 5.41) is 0. The van der Waals surface area contributed by atoms with Crippen molar-refractivity contribution >= 4 is 16.9 Å². The van der Waals surface area contributed by atoms with E-state index >= 15 is 0 Å². The van der Waals surface area contributed by atoms with E-state index in [1.807, 2.05) is 0 Å². The van der Waals surface area contributed by atoms with Gasteiger partial charge in [-0.1, -0.05) is 12.1 Å². The van der Waals surface area contributed by atoms with Crippen LogP contribution in [0.4, 0.5) is 8.78 Å². The molecule has 0 aliphatic rings. The molecule has 3 rings (SSSR count). The van der Waals surface area contributed by atoms with Gasteiger partial charge in [-0.2, -0.15) is 8.78 Å². The maximum absolute atomic E-state index is 13.3. The lowest BCUT2D eigenvalue weighted by Crippen LogP contribution is -2.27. The predicted octanol–water partition coefficient (Wildman–Crippen LogP) is 3.30. The van der Waals surface area contributed by atoms with Gasteiger partial charge in [-0.05, 0) is 18.2 Å². The van der Waals surface area contributed by atoms with Crippen molar-refractivity contribution in [2.24, 2.45) is 0 Å². The van der Waals surface area contributed by atoms with Gasteiger partial charge in [-0.15, -0.1) is 0 Å². The normalized spacial score (nSPS) is 11.3. The number of fused-ring (bicyclic) bond motifs is 1. The van der Waals surface area contributed by atoms with Crippen LogP contribution in [0.15, 0.2) is 47.3 Å². The minimum atomic E-state index is -2.72. The standard InChI is InChI=1S/C15H13F2N3O2/c1-19(14(21)10-6-7-22-9-10)8-13-18-11-4-2-3-5-12(11)20(13)15(16)17/h2-7,9,15H,8H2,1H3. The monoisotopic (exact) mass is 305 g/mol. The molecule has 0 aliphatic heterocycles. The third kappa shape index (κ3) is 2.45. The number of amides is 1. The van der Waals surface area contributed by atoms with Crippen LogP contribution in [-0.4, -0.2) is 27.4 Å². The Morgan fingerprint density at radius 3 is 2.82 bits per heavy atom. The van der Waals surface area contributed by atoms with Crippen molar-refractivity contribution in [1.82, 2.24) is 14.5 Å². The van der Waals surface area contributed by atoms with E-state index in [2.05, 4.69) is 4.98 Å². The van der Waals surface area contributed by atoms with Crippen molar-refractivity contribution < 1.29 is 18.0 Å². The Hall–Kier alpha value is -2.70. The number of carbonyl (C=O) groups is 1. The summed E-state index contributed by atoms with van der Waals surface area (Å²) >= 11 is 0. The molecule has 0 saturated carbocycles. The third-order valence-electron chi connectivity index (χ3n) is 3.36. The van der Waals surface area contributed by atoms with Gasteiger partial charge in [0.1, 0.15) is 12.1 Å².